The van der Waals surface area contributed by atoms with Gasteiger partial charge in [0.2, 0.25) is 0 Å². The molecular formula is C12H19BrN2O2. The lowest BCUT2D eigenvalue weighted by Gasteiger charge is -2.24. The fourth-order valence-electron chi connectivity index (χ4n) is 1.53. The maximum absolute atomic E-state index is 5.12. The quantitative estimate of drug-likeness (QED) is 0.690. The summed E-state index contributed by atoms with van der Waals surface area (Å²) in [6.07, 6.45) is 2.78. The first-order chi connectivity index (χ1) is 8.29. The molecule has 4 nitrogen and oxygen atoms in total. The van der Waals surface area contributed by atoms with E-state index in [4.69, 9.17) is 9.47 Å². The summed E-state index contributed by atoms with van der Waals surface area (Å²) in [5.74, 6) is 0.959. The molecule has 96 valence electrons. The monoisotopic (exact) mass is 302 g/mol. The Labute approximate surface area is 111 Å². The third-order valence-electron chi connectivity index (χ3n) is 2.38. The molecule has 0 fully saturated rings. The van der Waals surface area contributed by atoms with Crippen molar-refractivity contribution in [1.82, 2.24) is 4.98 Å². The lowest BCUT2D eigenvalue weighted by atomic mass is 10.3. The second kappa shape index (κ2) is 8.44. The van der Waals surface area contributed by atoms with Gasteiger partial charge in [0.1, 0.15) is 5.82 Å². The maximum atomic E-state index is 5.12. The number of hydrogen-bond donors (Lipinski definition) is 0. The number of halogens is 1. The predicted octanol–water partition coefficient (Wildman–Crippen LogP) is 2.33. The highest BCUT2D eigenvalue weighted by atomic mass is 79.9. The molecule has 0 amide bonds. The van der Waals surface area contributed by atoms with Crippen LogP contribution < -0.4 is 4.90 Å². The van der Waals surface area contributed by atoms with Crippen LogP contribution in [-0.4, -0.2) is 45.5 Å². The summed E-state index contributed by atoms with van der Waals surface area (Å²) >= 11 is 3.52. The van der Waals surface area contributed by atoms with Gasteiger partial charge in [-0.15, -0.1) is 0 Å². The van der Waals surface area contributed by atoms with E-state index in [9.17, 15) is 0 Å². The van der Waals surface area contributed by atoms with Crippen LogP contribution in [0.15, 0.2) is 22.8 Å². The molecule has 0 aliphatic carbocycles. The second-order valence-corrected chi connectivity index (χ2v) is 4.49. The van der Waals surface area contributed by atoms with Crippen molar-refractivity contribution in [2.45, 2.75) is 6.42 Å². The van der Waals surface area contributed by atoms with Crippen LogP contribution in [0.4, 0.5) is 5.82 Å². The number of rotatable bonds is 8. The van der Waals surface area contributed by atoms with Crippen LogP contribution >= 0.6 is 15.9 Å². The first kappa shape index (κ1) is 14.4. The SMILES string of the molecule is COCCCN(CCOC)c1ncccc1Br. The van der Waals surface area contributed by atoms with Gasteiger partial charge in [0.15, 0.2) is 0 Å². The van der Waals surface area contributed by atoms with Gasteiger partial charge in [-0.25, -0.2) is 4.98 Å². The molecule has 0 aliphatic rings. The molecule has 0 saturated heterocycles. The molecule has 0 atom stereocenters. The van der Waals surface area contributed by atoms with E-state index in [0.29, 0.717) is 6.61 Å². The third kappa shape index (κ3) is 5.02. The smallest absolute Gasteiger partial charge is 0.142 e. The zero-order valence-electron chi connectivity index (χ0n) is 10.4. The van der Waals surface area contributed by atoms with Crippen molar-refractivity contribution < 1.29 is 9.47 Å². The van der Waals surface area contributed by atoms with E-state index >= 15 is 0 Å². The van der Waals surface area contributed by atoms with E-state index in [1.165, 1.54) is 0 Å². The molecule has 1 rings (SSSR count). The maximum Gasteiger partial charge on any atom is 0.142 e. The van der Waals surface area contributed by atoms with Gasteiger partial charge in [-0.1, -0.05) is 0 Å². The summed E-state index contributed by atoms with van der Waals surface area (Å²) in [7, 11) is 3.43. The number of pyridine rings is 1. The Kier molecular flexibility index (Phi) is 7.16. The molecule has 0 unspecified atom stereocenters. The summed E-state index contributed by atoms with van der Waals surface area (Å²) in [6.45, 7) is 3.19. The van der Waals surface area contributed by atoms with Crippen LogP contribution in [0.3, 0.4) is 0 Å². The van der Waals surface area contributed by atoms with Crippen LogP contribution in [0.1, 0.15) is 6.42 Å². The normalized spacial score (nSPS) is 10.5. The highest BCUT2D eigenvalue weighted by molar-refractivity contribution is 9.10. The molecule has 0 spiro atoms. The van der Waals surface area contributed by atoms with Gasteiger partial charge < -0.3 is 14.4 Å². The van der Waals surface area contributed by atoms with Gasteiger partial charge in [0, 0.05) is 40.1 Å². The fraction of sp³-hybridized carbons (Fsp3) is 0.583. The van der Waals surface area contributed by atoms with Gasteiger partial charge in [0.05, 0.1) is 11.1 Å². The van der Waals surface area contributed by atoms with Gasteiger partial charge >= 0.3 is 0 Å². The van der Waals surface area contributed by atoms with Crippen molar-refractivity contribution in [3.8, 4) is 0 Å². The number of nitrogens with zero attached hydrogens (tertiary/aromatic N) is 2. The summed E-state index contributed by atoms with van der Waals surface area (Å²) in [4.78, 5) is 6.59. The van der Waals surface area contributed by atoms with E-state index in [-0.39, 0.29) is 0 Å². The fourth-order valence-corrected chi connectivity index (χ4v) is 2.04. The summed E-state index contributed by atoms with van der Waals surface area (Å²) in [5.41, 5.74) is 0. The Morgan fingerprint density at radius 1 is 1.24 bits per heavy atom. The molecule has 1 aromatic heterocycles. The Hall–Kier alpha value is -0.650. The molecule has 0 aromatic carbocycles. The summed E-state index contributed by atoms with van der Waals surface area (Å²) in [5, 5.41) is 0. The number of methoxy groups -OCH3 is 2. The minimum Gasteiger partial charge on any atom is -0.385 e. The van der Waals surface area contributed by atoms with Crippen LogP contribution in [0.5, 0.6) is 0 Å². The van der Waals surface area contributed by atoms with E-state index in [2.05, 4.69) is 25.8 Å². The summed E-state index contributed by atoms with van der Waals surface area (Å²) in [6, 6.07) is 3.91. The Balaban J connectivity index is 2.64. The second-order valence-electron chi connectivity index (χ2n) is 3.64. The van der Waals surface area contributed by atoms with Crippen molar-refractivity contribution in [2.24, 2.45) is 0 Å². The third-order valence-corrected chi connectivity index (χ3v) is 3.00. The number of ether oxygens (including phenoxy) is 2. The highest BCUT2D eigenvalue weighted by Crippen LogP contribution is 2.22. The van der Waals surface area contributed by atoms with Crippen molar-refractivity contribution in [2.75, 3.05) is 45.4 Å². The lowest BCUT2D eigenvalue weighted by Crippen LogP contribution is -2.30. The van der Waals surface area contributed by atoms with E-state index in [1.54, 1.807) is 20.4 Å². The van der Waals surface area contributed by atoms with Gasteiger partial charge in [0.25, 0.3) is 0 Å². The zero-order valence-corrected chi connectivity index (χ0v) is 11.9. The van der Waals surface area contributed by atoms with Crippen molar-refractivity contribution in [3.63, 3.8) is 0 Å². The van der Waals surface area contributed by atoms with Crippen LogP contribution in [0.2, 0.25) is 0 Å². The van der Waals surface area contributed by atoms with Crippen LogP contribution in [0, 0.1) is 0 Å². The highest BCUT2D eigenvalue weighted by Gasteiger charge is 2.10. The zero-order chi connectivity index (χ0) is 12.5. The molecule has 0 radical (unpaired) electrons. The first-order valence-electron chi connectivity index (χ1n) is 5.63. The minimum atomic E-state index is 0.690. The Morgan fingerprint density at radius 3 is 2.65 bits per heavy atom. The lowest BCUT2D eigenvalue weighted by molar-refractivity contribution is 0.191. The Bertz CT molecular complexity index is 323. The number of anilines is 1. The van der Waals surface area contributed by atoms with Crippen LogP contribution in [-0.2, 0) is 9.47 Å². The van der Waals surface area contributed by atoms with E-state index < -0.39 is 0 Å². The van der Waals surface area contributed by atoms with Gasteiger partial charge in [-0.05, 0) is 34.5 Å². The first-order valence-corrected chi connectivity index (χ1v) is 6.42. The minimum absolute atomic E-state index is 0.690. The van der Waals surface area contributed by atoms with E-state index in [1.807, 2.05) is 12.1 Å². The number of aromatic nitrogens is 1. The molecule has 0 bridgehead atoms. The average molecular weight is 303 g/mol. The van der Waals surface area contributed by atoms with Crippen molar-refractivity contribution in [3.05, 3.63) is 22.8 Å². The molecule has 17 heavy (non-hydrogen) atoms. The molecule has 0 N–H and O–H groups in total. The molecule has 0 aliphatic heterocycles. The topological polar surface area (TPSA) is 34.6 Å². The van der Waals surface area contributed by atoms with Gasteiger partial charge in [-0.3, -0.25) is 0 Å². The number of hydrogen-bond acceptors (Lipinski definition) is 4. The molecule has 0 saturated carbocycles. The molecule has 1 aromatic rings. The molecule has 5 heteroatoms. The van der Waals surface area contributed by atoms with Gasteiger partial charge in [-0.2, -0.15) is 0 Å². The Morgan fingerprint density at radius 2 is 2.00 bits per heavy atom. The van der Waals surface area contributed by atoms with E-state index in [0.717, 1.165) is 36.4 Å². The van der Waals surface area contributed by atoms with Crippen molar-refractivity contribution in [1.29, 1.82) is 0 Å². The largest absolute Gasteiger partial charge is 0.385 e. The van der Waals surface area contributed by atoms with Crippen LogP contribution in [0.25, 0.3) is 0 Å². The average Bonchev–Trinajstić information content (AvgIpc) is 2.35. The molecule has 1 heterocycles. The summed E-state index contributed by atoms with van der Waals surface area (Å²) < 4.78 is 11.2. The predicted molar refractivity (Wildman–Crippen MR) is 72.5 cm³/mol. The van der Waals surface area contributed by atoms with Crippen molar-refractivity contribution >= 4 is 21.7 Å². The molecular weight excluding hydrogens is 284 g/mol. The standard InChI is InChI=1S/C12H19BrN2O2/c1-16-9-4-7-15(8-10-17-2)12-11(13)5-3-6-14-12/h3,5-6H,4,7-10H2,1-2H3.